The van der Waals surface area contributed by atoms with Crippen molar-refractivity contribution in [3.8, 4) is 17.0 Å². The summed E-state index contributed by atoms with van der Waals surface area (Å²) in [7, 11) is 1.49. The molecule has 0 fully saturated rings. The largest absolute Gasteiger partial charge is 0.495 e. The van der Waals surface area contributed by atoms with Gasteiger partial charge in [-0.25, -0.2) is 4.98 Å². The average molecular weight is 363 g/mol. The van der Waals surface area contributed by atoms with Gasteiger partial charge in [-0.15, -0.1) is 0 Å². The number of ether oxygens (including phenoxy) is 1. The van der Waals surface area contributed by atoms with Gasteiger partial charge in [-0.3, -0.25) is 19.6 Å². The molecule has 1 aromatic carbocycles. The average Bonchev–Trinajstić information content (AvgIpc) is 2.68. The van der Waals surface area contributed by atoms with Crippen molar-refractivity contribution in [2.24, 2.45) is 0 Å². The van der Waals surface area contributed by atoms with Crippen LogP contribution in [-0.2, 0) is 4.79 Å². The summed E-state index contributed by atoms with van der Waals surface area (Å²) in [6.45, 7) is 1.40. The molecule has 0 atom stereocenters. The van der Waals surface area contributed by atoms with Crippen LogP contribution < -0.4 is 15.4 Å². The van der Waals surface area contributed by atoms with Crippen molar-refractivity contribution in [3.05, 3.63) is 60.8 Å². The lowest BCUT2D eigenvalue weighted by molar-refractivity contribution is -0.114. The summed E-state index contributed by atoms with van der Waals surface area (Å²) in [6.07, 6.45) is 6.23. The Morgan fingerprint density at radius 1 is 1.04 bits per heavy atom. The number of nitrogens with one attached hydrogen (secondary N) is 2. The number of aromatic nitrogens is 3. The molecule has 2 amide bonds. The van der Waals surface area contributed by atoms with E-state index in [4.69, 9.17) is 4.74 Å². The summed E-state index contributed by atoms with van der Waals surface area (Å²) in [5.74, 6) is -0.215. The molecule has 0 saturated heterocycles. The molecule has 0 unspecified atom stereocenters. The standard InChI is InChI=1S/C19H17N5O3/c1-12(25)22-14-5-6-18(27-2)15(8-14)24-19(26)17-11-21-10-16(23-17)13-4-3-7-20-9-13/h3-11H,1-2H3,(H,22,25)(H,24,26). The molecule has 2 aromatic heterocycles. The van der Waals surface area contributed by atoms with Crippen molar-refractivity contribution >= 4 is 23.2 Å². The first kappa shape index (κ1) is 18.0. The number of methoxy groups -OCH3 is 1. The molecule has 3 aromatic rings. The Labute approximate surface area is 155 Å². The number of hydrogen-bond donors (Lipinski definition) is 2. The minimum atomic E-state index is -0.452. The van der Waals surface area contributed by atoms with E-state index >= 15 is 0 Å². The number of carbonyl (C=O) groups is 2. The van der Waals surface area contributed by atoms with Crippen molar-refractivity contribution in [1.29, 1.82) is 0 Å². The van der Waals surface area contributed by atoms with Crippen molar-refractivity contribution in [3.63, 3.8) is 0 Å². The van der Waals surface area contributed by atoms with Gasteiger partial charge in [0.15, 0.2) is 0 Å². The second kappa shape index (κ2) is 8.05. The van der Waals surface area contributed by atoms with Gasteiger partial charge in [0.1, 0.15) is 11.4 Å². The third kappa shape index (κ3) is 4.43. The summed E-state index contributed by atoms with van der Waals surface area (Å²) < 4.78 is 5.26. The number of anilines is 2. The smallest absolute Gasteiger partial charge is 0.275 e. The predicted octanol–water partition coefficient (Wildman–Crippen LogP) is 2.76. The zero-order valence-electron chi connectivity index (χ0n) is 14.8. The van der Waals surface area contributed by atoms with Gasteiger partial charge >= 0.3 is 0 Å². The van der Waals surface area contributed by atoms with Crippen LogP contribution in [0, 0.1) is 0 Å². The third-order valence-corrected chi connectivity index (χ3v) is 3.59. The fourth-order valence-corrected chi connectivity index (χ4v) is 2.40. The molecule has 0 aliphatic heterocycles. The predicted molar refractivity (Wildman–Crippen MR) is 101 cm³/mol. The van der Waals surface area contributed by atoms with Gasteiger partial charge < -0.3 is 15.4 Å². The van der Waals surface area contributed by atoms with Gasteiger partial charge in [0.25, 0.3) is 5.91 Å². The molecule has 2 heterocycles. The van der Waals surface area contributed by atoms with E-state index in [2.05, 4.69) is 25.6 Å². The number of nitrogens with zero attached hydrogens (tertiary/aromatic N) is 3. The van der Waals surface area contributed by atoms with Crippen LogP contribution >= 0.6 is 0 Å². The molecule has 8 heteroatoms. The number of rotatable bonds is 5. The Balaban J connectivity index is 1.86. The summed E-state index contributed by atoms with van der Waals surface area (Å²) in [5, 5.41) is 5.40. The molecule has 136 valence electrons. The molecule has 2 N–H and O–H groups in total. The SMILES string of the molecule is COc1ccc(NC(C)=O)cc1NC(=O)c1cncc(-c2cccnc2)n1. The molecule has 3 rings (SSSR count). The van der Waals surface area contributed by atoms with Gasteiger partial charge in [0, 0.05) is 30.6 Å². The lowest BCUT2D eigenvalue weighted by Gasteiger charge is -2.12. The maximum absolute atomic E-state index is 12.6. The van der Waals surface area contributed by atoms with E-state index in [0.29, 0.717) is 22.8 Å². The van der Waals surface area contributed by atoms with Crippen LogP contribution in [0.25, 0.3) is 11.3 Å². The van der Waals surface area contributed by atoms with E-state index in [9.17, 15) is 9.59 Å². The lowest BCUT2D eigenvalue weighted by atomic mass is 10.2. The maximum Gasteiger partial charge on any atom is 0.275 e. The van der Waals surface area contributed by atoms with Crippen LogP contribution in [0.1, 0.15) is 17.4 Å². The van der Waals surface area contributed by atoms with E-state index in [1.165, 1.54) is 20.2 Å². The molecule has 0 spiro atoms. The Morgan fingerprint density at radius 3 is 2.59 bits per heavy atom. The molecule has 27 heavy (non-hydrogen) atoms. The van der Waals surface area contributed by atoms with Crippen molar-refractivity contribution in [2.45, 2.75) is 6.92 Å². The Hall–Kier alpha value is -3.81. The first-order valence-corrected chi connectivity index (χ1v) is 8.06. The van der Waals surface area contributed by atoms with Gasteiger partial charge in [0.2, 0.25) is 5.91 Å². The number of hydrogen-bond acceptors (Lipinski definition) is 6. The van der Waals surface area contributed by atoms with E-state index in [1.807, 2.05) is 6.07 Å². The Bertz CT molecular complexity index is 976. The second-order valence-electron chi connectivity index (χ2n) is 5.58. The van der Waals surface area contributed by atoms with Crippen molar-refractivity contribution in [2.75, 3.05) is 17.7 Å². The number of amides is 2. The summed E-state index contributed by atoms with van der Waals surface area (Å²) in [5.41, 5.74) is 2.37. The summed E-state index contributed by atoms with van der Waals surface area (Å²) >= 11 is 0. The summed E-state index contributed by atoms with van der Waals surface area (Å²) in [4.78, 5) is 36.3. The molecule has 8 nitrogen and oxygen atoms in total. The minimum Gasteiger partial charge on any atom is -0.495 e. The quantitative estimate of drug-likeness (QED) is 0.722. The van der Waals surface area contributed by atoms with Gasteiger partial charge in [0.05, 0.1) is 30.9 Å². The Morgan fingerprint density at radius 2 is 1.89 bits per heavy atom. The second-order valence-corrected chi connectivity index (χ2v) is 5.58. The van der Waals surface area contributed by atoms with E-state index < -0.39 is 5.91 Å². The van der Waals surface area contributed by atoms with Gasteiger partial charge in [-0.05, 0) is 30.3 Å². The highest BCUT2D eigenvalue weighted by molar-refractivity contribution is 6.04. The van der Waals surface area contributed by atoms with Crippen LogP contribution in [-0.4, -0.2) is 33.9 Å². The minimum absolute atomic E-state index is 0.142. The molecule has 0 bridgehead atoms. The fourth-order valence-electron chi connectivity index (χ4n) is 2.40. The topological polar surface area (TPSA) is 106 Å². The zero-order valence-corrected chi connectivity index (χ0v) is 14.8. The molecule has 0 saturated carbocycles. The highest BCUT2D eigenvalue weighted by atomic mass is 16.5. The summed E-state index contributed by atoms with van der Waals surface area (Å²) in [6, 6.07) is 8.55. The number of pyridine rings is 1. The third-order valence-electron chi connectivity index (χ3n) is 3.59. The molecular weight excluding hydrogens is 346 g/mol. The highest BCUT2D eigenvalue weighted by Crippen LogP contribution is 2.28. The van der Waals surface area contributed by atoms with Crippen LogP contribution in [0.4, 0.5) is 11.4 Å². The number of carbonyl (C=O) groups excluding carboxylic acids is 2. The van der Waals surface area contributed by atoms with Crippen molar-refractivity contribution in [1.82, 2.24) is 15.0 Å². The normalized spacial score (nSPS) is 10.1. The Kier molecular flexibility index (Phi) is 5.36. The van der Waals surface area contributed by atoms with E-state index in [1.54, 1.807) is 42.9 Å². The zero-order chi connectivity index (χ0) is 19.2. The van der Waals surface area contributed by atoms with Gasteiger partial charge in [-0.2, -0.15) is 0 Å². The van der Waals surface area contributed by atoms with E-state index in [-0.39, 0.29) is 11.6 Å². The van der Waals surface area contributed by atoms with Crippen molar-refractivity contribution < 1.29 is 14.3 Å². The van der Waals surface area contributed by atoms with Crippen LogP contribution in [0.5, 0.6) is 5.75 Å². The fraction of sp³-hybridized carbons (Fsp3) is 0.105. The van der Waals surface area contributed by atoms with Crippen LogP contribution in [0.15, 0.2) is 55.1 Å². The van der Waals surface area contributed by atoms with E-state index in [0.717, 1.165) is 5.56 Å². The molecule has 0 radical (unpaired) electrons. The van der Waals surface area contributed by atoms with Crippen LogP contribution in [0.3, 0.4) is 0 Å². The monoisotopic (exact) mass is 363 g/mol. The molecule has 0 aliphatic rings. The van der Waals surface area contributed by atoms with Crippen LogP contribution in [0.2, 0.25) is 0 Å². The van der Waals surface area contributed by atoms with Gasteiger partial charge in [-0.1, -0.05) is 0 Å². The molecule has 0 aliphatic carbocycles. The number of benzene rings is 1. The highest BCUT2D eigenvalue weighted by Gasteiger charge is 2.14. The first-order valence-electron chi connectivity index (χ1n) is 8.06. The molecular formula is C19H17N5O3. The first-order chi connectivity index (χ1) is 13.1. The lowest BCUT2D eigenvalue weighted by Crippen LogP contribution is -2.15. The maximum atomic E-state index is 12.6.